The average molecular weight is 323 g/mol. The van der Waals surface area contributed by atoms with Gasteiger partial charge in [0.1, 0.15) is 0 Å². The fourth-order valence-electron chi connectivity index (χ4n) is 2.13. The molecule has 1 aromatic rings. The molecule has 0 amide bonds. The number of benzene rings is 1. The van der Waals surface area contributed by atoms with Gasteiger partial charge < -0.3 is 5.11 Å². The van der Waals surface area contributed by atoms with Crippen molar-refractivity contribution in [1.29, 1.82) is 0 Å². The predicted octanol–water partition coefficient (Wildman–Crippen LogP) is 2.21. The van der Waals surface area contributed by atoms with E-state index in [-0.39, 0.29) is 12.1 Å². The van der Waals surface area contributed by atoms with Crippen LogP contribution < -0.4 is 4.72 Å². The van der Waals surface area contributed by atoms with Gasteiger partial charge in [-0.25, -0.2) is 13.1 Å². The average Bonchev–Trinajstić information content (AvgIpc) is 2.33. The number of halogens is 3. The van der Waals surface area contributed by atoms with Crippen LogP contribution in [0.2, 0.25) is 0 Å². The lowest BCUT2D eigenvalue weighted by Crippen LogP contribution is -2.47. The highest BCUT2D eigenvalue weighted by Gasteiger charge is 2.36. The van der Waals surface area contributed by atoms with Crippen molar-refractivity contribution in [2.75, 3.05) is 6.54 Å². The number of alkyl halides is 3. The van der Waals surface area contributed by atoms with E-state index in [0.29, 0.717) is 18.9 Å². The second-order valence-corrected chi connectivity index (χ2v) is 7.12. The Morgan fingerprint density at radius 2 is 1.95 bits per heavy atom. The molecule has 0 saturated heterocycles. The van der Waals surface area contributed by atoms with E-state index in [4.69, 9.17) is 0 Å². The summed E-state index contributed by atoms with van der Waals surface area (Å²) in [6.07, 6.45) is -2.83. The Hall–Kier alpha value is -1.12. The van der Waals surface area contributed by atoms with E-state index in [1.807, 2.05) is 0 Å². The van der Waals surface area contributed by atoms with Gasteiger partial charge in [0, 0.05) is 6.54 Å². The van der Waals surface area contributed by atoms with Crippen LogP contribution in [0.4, 0.5) is 13.2 Å². The summed E-state index contributed by atoms with van der Waals surface area (Å²) in [5.41, 5.74) is -1.88. The molecule has 1 aliphatic rings. The molecule has 8 heteroatoms. The van der Waals surface area contributed by atoms with Gasteiger partial charge in [0.15, 0.2) is 0 Å². The molecule has 0 bridgehead atoms. The Balaban J connectivity index is 2.26. The van der Waals surface area contributed by atoms with Gasteiger partial charge in [-0.1, -0.05) is 6.07 Å². The molecule has 1 saturated carbocycles. The van der Waals surface area contributed by atoms with Gasteiger partial charge in [0.05, 0.1) is 16.1 Å². The number of sulfonamides is 1. The molecule has 2 rings (SSSR count). The van der Waals surface area contributed by atoms with Crippen molar-refractivity contribution < 1.29 is 26.7 Å². The zero-order valence-corrected chi connectivity index (χ0v) is 12.2. The van der Waals surface area contributed by atoms with E-state index in [9.17, 15) is 26.7 Å². The molecule has 0 heterocycles. The predicted molar refractivity (Wildman–Crippen MR) is 70.2 cm³/mol. The molecule has 0 radical (unpaired) electrons. The molecule has 1 fully saturated rings. The van der Waals surface area contributed by atoms with Crippen LogP contribution in [-0.2, 0) is 16.2 Å². The largest absolute Gasteiger partial charge is 0.416 e. The van der Waals surface area contributed by atoms with Crippen LogP contribution in [0.25, 0.3) is 0 Å². The highest BCUT2D eigenvalue weighted by Crippen LogP contribution is 2.33. The van der Waals surface area contributed by atoms with Crippen LogP contribution in [-0.4, -0.2) is 25.7 Å². The van der Waals surface area contributed by atoms with Crippen molar-refractivity contribution >= 4 is 10.0 Å². The van der Waals surface area contributed by atoms with Gasteiger partial charge >= 0.3 is 6.18 Å². The van der Waals surface area contributed by atoms with Crippen LogP contribution in [0.3, 0.4) is 0 Å². The molecular formula is C13H16F3NO3S. The Bertz CT molecular complexity index is 637. The summed E-state index contributed by atoms with van der Waals surface area (Å²) in [6.45, 7) is 1.23. The summed E-state index contributed by atoms with van der Waals surface area (Å²) in [4.78, 5) is -0.416. The van der Waals surface area contributed by atoms with Crippen molar-refractivity contribution in [3.05, 3.63) is 29.3 Å². The number of aliphatic hydroxyl groups is 1. The van der Waals surface area contributed by atoms with Crippen molar-refractivity contribution in [2.24, 2.45) is 0 Å². The molecule has 0 unspecified atom stereocenters. The van der Waals surface area contributed by atoms with Crippen LogP contribution in [0.5, 0.6) is 0 Å². The topological polar surface area (TPSA) is 66.4 Å². The van der Waals surface area contributed by atoms with Crippen LogP contribution in [0.1, 0.15) is 30.4 Å². The van der Waals surface area contributed by atoms with E-state index in [2.05, 4.69) is 4.72 Å². The first-order valence-corrected chi connectivity index (χ1v) is 7.92. The minimum absolute atomic E-state index is 0.189. The number of nitrogens with one attached hydrogen (secondary N) is 1. The van der Waals surface area contributed by atoms with Gasteiger partial charge in [-0.2, -0.15) is 13.2 Å². The first-order valence-electron chi connectivity index (χ1n) is 6.43. The minimum Gasteiger partial charge on any atom is -0.389 e. The molecule has 1 aliphatic carbocycles. The Morgan fingerprint density at radius 1 is 1.33 bits per heavy atom. The first-order chi connectivity index (χ1) is 9.54. The summed E-state index contributed by atoms with van der Waals surface area (Å²) in [5.74, 6) is 0. The molecule has 0 spiro atoms. The third-order valence-corrected chi connectivity index (χ3v) is 5.22. The monoisotopic (exact) mass is 323 g/mol. The lowest BCUT2D eigenvalue weighted by atomic mass is 9.81. The second kappa shape index (κ2) is 5.26. The van der Waals surface area contributed by atoms with E-state index in [1.165, 1.54) is 6.92 Å². The lowest BCUT2D eigenvalue weighted by Gasteiger charge is -2.36. The molecule has 21 heavy (non-hydrogen) atoms. The van der Waals surface area contributed by atoms with Crippen LogP contribution >= 0.6 is 0 Å². The van der Waals surface area contributed by atoms with Gasteiger partial charge in [0.25, 0.3) is 0 Å². The van der Waals surface area contributed by atoms with E-state index < -0.39 is 32.3 Å². The lowest BCUT2D eigenvalue weighted by molar-refractivity contribution is -0.137. The number of hydrogen-bond donors (Lipinski definition) is 2. The second-order valence-electron chi connectivity index (χ2n) is 5.38. The van der Waals surface area contributed by atoms with Gasteiger partial charge in [-0.3, -0.25) is 0 Å². The SMILES string of the molecule is Cc1ccc(C(F)(F)F)cc1S(=O)(=O)NCC1(O)CCC1. The van der Waals surface area contributed by atoms with E-state index >= 15 is 0 Å². The highest BCUT2D eigenvalue weighted by molar-refractivity contribution is 7.89. The molecule has 2 N–H and O–H groups in total. The smallest absolute Gasteiger partial charge is 0.389 e. The molecule has 118 valence electrons. The van der Waals surface area contributed by atoms with Crippen molar-refractivity contribution in [3.8, 4) is 0 Å². The van der Waals surface area contributed by atoms with E-state index in [0.717, 1.165) is 18.6 Å². The Labute approximate surface area is 121 Å². The molecule has 4 nitrogen and oxygen atoms in total. The highest BCUT2D eigenvalue weighted by atomic mass is 32.2. The van der Waals surface area contributed by atoms with Crippen molar-refractivity contribution in [3.63, 3.8) is 0 Å². The first kappa shape index (κ1) is 16.3. The summed E-state index contributed by atoms with van der Waals surface area (Å²) in [7, 11) is -4.09. The van der Waals surface area contributed by atoms with Crippen LogP contribution in [0, 0.1) is 6.92 Å². The summed E-state index contributed by atoms with van der Waals surface area (Å²) >= 11 is 0. The quantitative estimate of drug-likeness (QED) is 0.893. The molecule has 0 atom stereocenters. The fourth-order valence-corrected chi connectivity index (χ4v) is 3.52. The van der Waals surface area contributed by atoms with Gasteiger partial charge in [0.2, 0.25) is 10.0 Å². The maximum atomic E-state index is 12.7. The molecule has 1 aromatic carbocycles. The Kier molecular flexibility index (Phi) is 4.07. The third kappa shape index (κ3) is 3.56. The fraction of sp³-hybridized carbons (Fsp3) is 0.538. The Morgan fingerprint density at radius 3 is 2.43 bits per heavy atom. The summed E-state index contributed by atoms with van der Waals surface area (Å²) < 4.78 is 64.5. The van der Waals surface area contributed by atoms with Gasteiger partial charge in [-0.05, 0) is 43.9 Å². The zero-order valence-electron chi connectivity index (χ0n) is 11.4. The molecule has 0 aliphatic heterocycles. The minimum atomic E-state index is -4.61. The maximum absolute atomic E-state index is 12.7. The maximum Gasteiger partial charge on any atom is 0.416 e. The number of rotatable bonds is 4. The normalized spacial score (nSPS) is 18.3. The number of hydrogen-bond acceptors (Lipinski definition) is 3. The van der Waals surface area contributed by atoms with Gasteiger partial charge in [-0.15, -0.1) is 0 Å². The standard InChI is InChI=1S/C13H16F3NO3S/c1-9-3-4-10(13(14,15)16)7-11(9)21(19,20)17-8-12(18)5-2-6-12/h3-4,7,17-18H,2,5-6,8H2,1H3. The van der Waals surface area contributed by atoms with Crippen molar-refractivity contribution in [2.45, 2.75) is 42.9 Å². The van der Waals surface area contributed by atoms with Crippen LogP contribution in [0.15, 0.2) is 23.1 Å². The zero-order chi connectivity index (χ0) is 15.9. The van der Waals surface area contributed by atoms with E-state index in [1.54, 1.807) is 0 Å². The van der Waals surface area contributed by atoms with Crippen molar-refractivity contribution in [1.82, 2.24) is 4.72 Å². The third-order valence-electron chi connectivity index (χ3n) is 3.68. The summed E-state index contributed by atoms with van der Waals surface area (Å²) in [6, 6.07) is 2.58. The molecule has 0 aromatic heterocycles. The number of aryl methyl sites for hydroxylation is 1. The summed E-state index contributed by atoms with van der Waals surface area (Å²) in [5, 5.41) is 9.87. The molecular weight excluding hydrogens is 307 g/mol.